The van der Waals surface area contributed by atoms with E-state index in [1.807, 2.05) is 56.3 Å². The molecule has 1 amide bonds. The van der Waals surface area contributed by atoms with Gasteiger partial charge in [0.1, 0.15) is 24.0 Å². The van der Waals surface area contributed by atoms with E-state index in [0.29, 0.717) is 5.75 Å². The molecule has 37 heavy (non-hydrogen) atoms. The molecule has 1 aromatic heterocycles. The van der Waals surface area contributed by atoms with Crippen molar-refractivity contribution in [2.45, 2.75) is 52.9 Å². The smallest absolute Gasteiger partial charge is 0.328 e. The molecule has 0 bridgehead atoms. The number of rotatable bonds is 10. The number of carbonyl (C=O) groups is 3. The molecule has 3 rings (SSSR count). The number of nitrogens with zero attached hydrogens (tertiary/aromatic N) is 1. The van der Waals surface area contributed by atoms with Gasteiger partial charge in [-0.1, -0.05) is 44.2 Å². The van der Waals surface area contributed by atoms with Gasteiger partial charge in [-0.25, -0.2) is 9.78 Å². The minimum absolute atomic E-state index is 0.0337. The molecule has 0 aliphatic heterocycles. The van der Waals surface area contributed by atoms with E-state index < -0.39 is 36.1 Å². The van der Waals surface area contributed by atoms with Crippen molar-refractivity contribution >= 4 is 28.6 Å². The Morgan fingerprint density at radius 1 is 0.946 bits per heavy atom. The summed E-state index contributed by atoms with van der Waals surface area (Å²) in [6, 6.07) is 14.2. The summed E-state index contributed by atoms with van der Waals surface area (Å²) in [5, 5.41) is 4.68. The lowest BCUT2D eigenvalue weighted by Crippen LogP contribution is -2.44. The number of nitrogens with one attached hydrogen (secondary N) is 1. The van der Waals surface area contributed by atoms with Crippen molar-refractivity contribution in [3.63, 3.8) is 0 Å². The second kappa shape index (κ2) is 12.2. The number of fused-ring (bicyclic) bond motifs is 1. The SMILES string of the molecule is COc1ccnc(C(=O)N[C@@H](C)C(=O)O[C@@H](C)[C@H](Oc2ccc3ccccc3c2)C(C)C)c1OC(C)=O. The number of benzene rings is 2. The van der Waals surface area contributed by atoms with Gasteiger partial charge in [-0.05, 0) is 42.7 Å². The van der Waals surface area contributed by atoms with Crippen LogP contribution in [0.15, 0.2) is 54.7 Å². The summed E-state index contributed by atoms with van der Waals surface area (Å²) in [5.74, 6) is -1.29. The van der Waals surface area contributed by atoms with Gasteiger partial charge in [0.15, 0.2) is 11.4 Å². The van der Waals surface area contributed by atoms with E-state index in [4.69, 9.17) is 18.9 Å². The molecule has 0 saturated heterocycles. The lowest BCUT2D eigenvalue weighted by Gasteiger charge is -2.29. The average Bonchev–Trinajstić information content (AvgIpc) is 2.86. The summed E-state index contributed by atoms with van der Waals surface area (Å²) in [5.41, 5.74) is -0.193. The first kappa shape index (κ1) is 27.4. The molecule has 9 heteroatoms. The van der Waals surface area contributed by atoms with Crippen LogP contribution in [0.5, 0.6) is 17.2 Å². The van der Waals surface area contributed by atoms with E-state index >= 15 is 0 Å². The van der Waals surface area contributed by atoms with E-state index in [2.05, 4.69) is 10.3 Å². The summed E-state index contributed by atoms with van der Waals surface area (Å²) in [4.78, 5) is 41.2. The molecule has 9 nitrogen and oxygen atoms in total. The second-order valence-corrected chi connectivity index (χ2v) is 8.96. The number of pyridine rings is 1. The Morgan fingerprint density at radius 3 is 2.30 bits per heavy atom. The van der Waals surface area contributed by atoms with Gasteiger partial charge in [0, 0.05) is 19.2 Å². The van der Waals surface area contributed by atoms with Gasteiger partial charge in [-0.2, -0.15) is 0 Å². The molecule has 0 fully saturated rings. The lowest BCUT2D eigenvalue weighted by atomic mass is 10.0. The van der Waals surface area contributed by atoms with Crippen LogP contribution < -0.4 is 19.5 Å². The van der Waals surface area contributed by atoms with Gasteiger partial charge >= 0.3 is 11.9 Å². The zero-order chi connectivity index (χ0) is 27.1. The predicted molar refractivity (Wildman–Crippen MR) is 138 cm³/mol. The van der Waals surface area contributed by atoms with Crippen molar-refractivity contribution in [1.82, 2.24) is 10.3 Å². The van der Waals surface area contributed by atoms with Crippen LogP contribution in [0.2, 0.25) is 0 Å². The van der Waals surface area contributed by atoms with Crippen molar-refractivity contribution < 1.29 is 33.3 Å². The quantitative estimate of drug-likeness (QED) is 0.403. The number of hydrogen-bond donors (Lipinski definition) is 1. The van der Waals surface area contributed by atoms with Crippen LogP contribution in [0.3, 0.4) is 0 Å². The van der Waals surface area contributed by atoms with E-state index in [1.54, 1.807) is 6.92 Å². The highest BCUT2D eigenvalue weighted by Gasteiger charge is 2.30. The monoisotopic (exact) mass is 508 g/mol. The molecule has 0 spiro atoms. The molecule has 3 atom stereocenters. The fourth-order valence-electron chi connectivity index (χ4n) is 3.84. The maximum Gasteiger partial charge on any atom is 0.328 e. The zero-order valence-corrected chi connectivity index (χ0v) is 21.8. The highest BCUT2D eigenvalue weighted by molar-refractivity contribution is 5.98. The molecule has 1 heterocycles. The topological polar surface area (TPSA) is 113 Å². The highest BCUT2D eigenvalue weighted by atomic mass is 16.6. The predicted octanol–water partition coefficient (Wildman–Crippen LogP) is 4.32. The van der Waals surface area contributed by atoms with Crippen molar-refractivity contribution in [3.8, 4) is 17.2 Å². The van der Waals surface area contributed by atoms with Crippen molar-refractivity contribution in [2.24, 2.45) is 5.92 Å². The lowest BCUT2D eigenvalue weighted by molar-refractivity contribution is -0.155. The number of methoxy groups -OCH3 is 1. The number of esters is 2. The minimum Gasteiger partial charge on any atom is -0.493 e. The molecular weight excluding hydrogens is 476 g/mol. The Kier molecular flexibility index (Phi) is 9.05. The summed E-state index contributed by atoms with van der Waals surface area (Å²) in [6.07, 6.45) is 0.303. The standard InChI is InChI=1S/C28H32N2O7/c1-16(2)25(37-22-12-11-20-9-7-8-10-21(20)15-22)18(4)35-28(33)17(3)30-27(32)24-26(36-19(5)31)23(34-6)13-14-29-24/h7-18,25H,1-6H3,(H,30,32)/t17-,18-,25+/m0/s1. The number of ether oxygens (including phenoxy) is 4. The van der Waals surface area contributed by atoms with E-state index in [-0.39, 0.29) is 23.1 Å². The van der Waals surface area contributed by atoms with Crippen LogP contribution >= 0.6 is 0 Å². The molecule has 0 saturated carbocycles. The second-order valence-electron chi connectivity index (χ2n) is 8.96. The molecule has 1 N–H and O–H groups in total. The maximum absolute atomic E-state index is 12.9. The van der Waals surface area contributed by atoms with Crippen LogP contribution in [0.1, 0.15) is 45.1 Å². The first-order valence-corrected chi connectivity index (χ1v) is 12.0. The number of carbonyl (C=O) groups excluding carboxylic acids is 3. The molecule has 2 aromatic carbocycles. The average molecular weight is 509 g/mol. The third-order valence-electron chi connectivity index (χ3n) is 5.67. The molecule has 0 radical (unpaired) electrons. The zero-order valence-electron chi connectivity index (χ0n) is 21.8. The third-order valence-corrected chi connectivity index (χ3v) is 5.67. The largest absolute Gasteiger partial charge is 0.493 e. The minimum atomic E-state index is -1.01. The van der Waals surface area contributed by atoms with E-state index in [0.717, 1.165) is 10.8 Å². The fourth-order valence-corrected chi connectivity index (χ4v) is 3.84. The summed E-state index contributed by atoms with van der Waals surface area (Å²) in [6.45, 7) is 8.40. The van der Waals surface area contributed by atoms with Crippen LogP contribution in [-0.2, 0) is 14.3 Å². The number of hydrogen-bond acceptors (Lipinski definition) is 8. The van der Waals surface area contributed by atoms with Gasteiger partial charge in [-0.3, -0.25) is 9.59 Å². The number of amides is 1. The summed E-state index contributed by atoms with van der Waals surface area (Å²) in [7, 11) is 1.37. The molecule has 0 unspecified atom stereocenters. The number of aromatic nitrogens is 1. The summed E-state index contributed by atoms with van der Waals surface area (Å²) < 4.78 is 22.2. The van der Waals surface area contributed by atoms with Crippen LogP contribution in [0.4, 0.5) is 0 Å². The Balaban J connectivity index is 1.68. The van der Waals surface area contributed by atoms with Crippen LogP contribution in [0, 0.1) is 5.92 Å². The fraction of sp³-hybridized carbons (Fsp3) is 0.357. The Hall–Kier alpha value is -4.14. The highest BCUT2D eigenvalue weighted by Crippen LogP contribution is 2.30. The van der Waals surface area contributed by atoms with Gasteiger partial charge in [-0.15, -0.1) is 0 Å². The third kappa shape index (κ3) is 6.97. The summed E-state index contributed by atoms with van der Waals surface area (Å²) >= 11 is 0. The van der Waals surface area contributed by atoms with E-state index in [9.17, 15) is 14.4 Å². The molecular formula is C28H32N2O7. The first-order chi connectivity index (χ1) is 17.6. The first-order valence-electron chi connectivity index (χ1n) is 12.0. The van der Waals surface area contributed by atoms with E-state index in [1.165, 1.54) is 33.2 Å². The molecule has 0 aliphatic rings. The van der Waals surface area contributed by atoms with Crippen molar-refractivity contribution in [3.05, 3.63) is 60.4 Å². The van der Waals surface area contributed by atoms with Crippen LogP contribution in [-0.4, -0.2) is 48.2 Å². The Morgan fingerprint density at radius 2 is 1.65 bits per heavy atom. The van der Waals surface area contributed by atoms with Gasteiger partial charge in [0.25, 0.3) is 5.91 Å². The maximum atomic E-state index is 12.9. The van der Waals surface area contributed by atoms with Gasteiger partial charge < -0.3 is 24.3 Å². The normalized spacial score (nSPS) is 13.4. The van der Waals surface area contributed by atoms with Gasteiger partial charge in [0.2, 0.25) is 5.75 Å². The van der Waals surface area contributed by atoms with Crippen molar-refractivity contribution in [1.29, 1.82) is 0 Å². The molecule has 3 aromatic rings. The molecule has 196 valence electrons. The van der Waals surface area contributed by atoms with Crippen molar-refractivity contribution in [2.75, 3.05) is 7.11 Å². The Labute approximate surface area is 216 Å². The Bertz CT molecular complexity index is 1270. The molecule has 0 aliphatic carbocycles. The van der Waals surface area contributed by atoms with Gasteiger partial charge in [0.05, 0.1) is 7.11 Å². The van der Waals surface area contributed by atoms with Crippen LogP contribution in [0.25, 0.3) is 10.8 Å².